The molecule has 2 fully saturated rings. The van der Waals surface area contributed by atoms with E-state index in [4.69, 9.17) is 0 Å². The van der Waals surface area contributed by atoms with Crippen LogP contribution < -0.4 is 9.88 Å². The van der Waals surface area contributed by atoms with Crippen molar-refractivity contribution in [1.82, 2.24) is 15.3 Å². The number of nitrogens with zero attached hydrogens (tertiary/aromatic N) is 3. The zero-order valence-corrected chi connectivity index (χ0v) is 15.7. The second-order valence-electron chi connectivity index (χ2n) is 6.01. The summed E-state index contributed by atoms with van der Waals surface area (Å²) in [5, 5.41) is 2.84. The fourth-order valence-corrected chi connectivity index (χ4v) is 7.80. The van der Waals surface area contributed by atoms with Crippen LogP contribution in [-0.4, -0.2) is 37.9 Å². The lowest BCUT2D eigenvalue weighted by atomic mass is 10.1. The zero-order chi connectivity index (χ0) is 15.7. The highest BCUT2D eigenvalue weighted by Gasteiger charge is 2.47. The van der Waals surface area contributed by atoms with Crippen LogP contribution in [0.2, 0.25) is 11.6 Å². The summed E-state index contributed by atoms with van der Waals surface area (Å²) in [6.07, 6.45) is 5.72. The van der Waals surface area contributed by atoms with Crippen LogP contribution in [0.3, 0.4) is 0 Å². The zero-order valence-electron chi connectivity index (χ0n) is 13.1. The van der Waals surface area contributed by atoms with Gasteiger partial charge in [0, 0.05) is 18.8 Å². The number of hydrogen-bond donors (Lipinski definition) is 1. The Hall–Kier alpha value is -0.953. The van der Waals surface area contributed by atoms with Crippen LogP contribution in [0.15, 0.2) is 10.8 Å². The lowest BCUT2D eigenvalue weighted by Crippen LogP contribution is -2.48. The van der Waals surface area contributed by atoms with Gasteiger partial charge in [-0.2, -0.15) is 0 Å². The molecule has 0 spiro atoms. The molecular formula is C15H22BrN4OSi. The number of likely N-dealkylation sites (N-methyl/N-ethyl adjacent to an activating group) is 1. The van der Waals surface area contributed by atoms with Crippen molar-refractivity contribution < 1.29 is 4.79 Å². The van der Waals surface area contributed by atoms with Gasteiger partial charge in [0.1, 0.15) is 11.9 Å². The first kappa shape index (κ1) is 15.9. The van der Waals surface area contributed by atoms with Gasteiger partial charge in [0.15, 0.2) is 13.7 Å². The van der Waals surface area contributed by atoms with Gasteiger partial charge in [0.2, 0.25) is 5.91 Å². The van der Waals surface area contributed by atoms with E-state index in [-0.39, 0.29) is 11.9 Å². The van der Waals surface area contributed by atoms with Crippen LogP contribution in [0.5, 0.6) is 0 Å². The smallest absolute Gasteiger partial charge is 0.241 e. The standard InChI is InChI=1S/C15H22BrN4OSi/c1-3-10-8-13(19-15(16)18-10)20-12(14(21)17-2)9-11-6-4-5-7-22(11)20/h8,11-12H,3-7,9H2,1-2H3,(H,17,21)/t11-,12-/m0/s1. The molecular weight excluding hydrogens is 360 g/mol. The van der Waals surface area contributed by atoms with E-state index in [0.29, 0.717) is 10.3 Å². The first-order chi connectivity index (χ1) is 10.6. The topological polar surface area (TPSA) is 58.1 Å². The number of halogens is 1. The van der Waals surface area contributed by atoms with Crippen molar-refractivity contribution in [2.75, 3.05) is 11.6 Å². The fraction of sp³-hybridized carbons (Fsp3) is 0.667. The van der Waals surface area contributed by atoms with Gasteiger partial charge < -0.3 is 9.88 Å². The minimum Gasteiger partial charge on any atom is -0.372 e. The Morgan fingerprint density at radius 3 is 3.05 bits per heavy atom. The molecule has 0 bridgehead atoms. The van der Waals surface area contributed by atoms with Crippen LogP contribution in [0, 0.1) is 0 Å². The first-order valence-electron chi connectivity index (χ1n) is 8.04. The van der Waals surface area contributed by atoms with E-state index in [2.05, 4.69) is 48.8 Å². The monoisotopic (exact) mass is 381 g/mol. The highest BCUT2D eigenvalue weighted by molar-refractivity contribution is 9.10. The maximum absolute atomic E-state index is 12.4. The quantitative estimate of drug-likeness (QED) is 0.645. The number of carbonyl (C=O) groups excluding carboxylic acids is 1. The second kappa shape index (κ2) is 6.66. The van der Waals surface area contributed by atoms with E-state index in [1.165, 1.54) is 25.3 Å². The highest BCUT2D eigenvalue weighted by Crippen LogP contribution is 2.43. The molecule has 2 saturated heterocycles. The van der Waals surface area contributed by atoms with Crippen LogP contribution in [0.25, 0.3) is 0 Å². The summed E-state index contributed by atoms with van der Waals surface area (Å²) in [5.74, 6) is 1.06. The van der Waals surface area contributed by atoms with Gasteiger partial charge in [0.05, 0.1) is 0 Å². The molecule has 119 valence electrons. The maximum Gasteiger partial charge on any atom is 0.241 e. The Kier molecular flexibility index (Phi) is 4.82. The van der Waals surface area contributed by atoms with Crippen molar-refractivity contribution in [2.45, 2.75) is 56.7 Å². The van der Waals surface area contributed by atoms with Gasteiger partial charge in [-0.25, -0.2) is 9.97 Å². The summed E-state index contributed by atoms with van der Waals surface area (Å²) in [6.45, 7) is 2.09. The number of rotatable bonds is 3. The molecule has 1 radical (unpaired) electrons. The van der Waals surface area contributed by atoms with Gasteiger partial charge in [-0.3, -0.25) is 4.79 Å². The summed E-state index contributed by atoms with van der Waals surface area (Å²) in [6, 6.07) is 3.26. The maximum atomic E-state index is 12.4. The predicted octanol–water partition coefficient (Wildman–Crippen LogP) is 2.67. The number of fused-ring (bicyclic) bond motifs is 1. The van der Waals surface area contributed by atoms with E-state index in [0.717, 1.165) is 24.4 Å². The third-order valence-electron chi connectivity index (χ3n) is 4.73. The van der Waals surface area contributed by atoms with Gasteiger partial charge in [-0.1, -0.05) is 26.2 Å². The Labute approximate surface area is 141 Å². The molecule has 3 heterocycles. The number of aryl methyl sites for hydroxylation is 1. The summed E-state index contributed by atoms with van der Waals surface area (Å²) >= 11 is 3.42. The molecule has 0 aliphatic carbocycles. The normalized spacial score (nSPS) is 25.1. The first-order valence-corrected chi connectivity index (χ1v) is 10.6. The lowest BCUT2D eigenvalue weighted by molar-refractivity contribution is -0.121. The van der Waals surface area contributed by atoms with Gasteiger partial charge in [-0.15, -0.1) is 0 Å². The molecule has 1 aromatic rings. The molecule has 0 saturated carbocycles. The van der Waals surface area contributed by atoms with Gasteiger partial charge in [0.25, 0.3) is 0 Å². The lowest BCUT2D eigenvalue weighted by Gasteiger charge is -2.33. The van der Waals surface area contributed by atoms with E-state index in [1.807, 2.05) is 0 Å². The van der Waals surface area contributed by atoms with Crippen molar-refractivity contribution in [1.29, 1.82) is 0 Å². The van der Waals surface area contributed by atoms with E-state index in [9.17, 15) is 4.79 Å². The molecule has 2 aliphatic heterocycles. The molecule has 1 amide bonds. The van der Waals surface area contributed by atoms with E-state index >= 15 is 0 Å². The number of carbonyl (C=O) groups is 1. The van der Waals surface area contributed by atoms with Gasteiger partial charge in [-0.05, 0) is 40.4 Å². The summed E-state index contributed by atoms with van der Waals surface area (Å²) < 4.78 is 2.98. The van der Waals surface area contributed by atoms with Crippen molar-refractivity contribution >= 4 is 36.6 Å². The fourth-order valence-electron chi connectivity index (χ4n) is 3.67. The average Bonchev–Trinajstić information content (AvgIpc) is 2.92. The molecule has 22 heavy (non-hydrogen) atoms. The molecule has 1 aromatic heterocycles. The third-order valence-corrected chi connectivity index (χ3v) is 8.58. The second-order valence-corrected chi connectivity index (χ2v) is 9.50. The van der Waals surface area contributed by atoms with Crippen molar-refractivity contribution in [3.63, 3.8) is 0 Å². The number of anilines is 1. The van der Waals surface area contributed by atoms with E-state index in [1.54, 1.807) is 7.05 Å². The molecule has 7 heteroatoms. The molecule has 1 N–H and O–H groups in total. The number of amides is 1. The van der Waals surface area contributed by atoms with E-state index < -0.39 is 8.96 Å². The minimum atomic E-state index is -0.727. The van der Waals surface area contributed by atoms with Crippen molar-refractivity contribution in [3.8, 4) is 0 Å². The molecule has 2 aliphatic rings. The minimum absolute atomic E-state index is 0.0616. The average molecular weight is 382 g/mol. The summed E-state index contributed by atoms with van der Waals surface area (Å²) in [7, 11) is 1.00. The highest BCUT2D eigenvalue weighted by atomic mass is 79.9. The number of aromatic nitrogens is 2. The predicted molar refractivity (Wildman–Crippen MR) is 92.2 cm³/mol. The largest absolute Gasteiger partial charge is 0.372 e. The molecule has 0 unspecified atom stereocenters. The molecule has 0 aromatic carbocycles. The van der Waals surface area contributed by atoms with Crippen LogP contribution >= 0.6 is 15.9 Å². The molecule has 3 rings (SSSR count). The van der Waals surface area contributed by atoms with Gasteiger partial charge >= 0.3 is 0 Å². The summed E-state index contributed by atoms with van der Waals surface area (Å²) in [4.78, 5) is 21.4. The number of hydrogen-bond acceptors (Lipinski definition) is 4. The Balaban J connectivity index is 1.99. The molecule has 5 nitrogen and oxygen atoms in total. The third kappa shape index (κ3) is 2.93. The van der Waals surface area contributed by atoms with Crippen molar-refractivity contribution in [2.24, 2.45) is 0 Å². The van der Waals surface area contributed by atoms with Crippen molar-refractivity contribution in [3.05, 3.63) is 16.5 Å². The van der Waals surface area contributed by atoms with Crippen LogP contribution in [-0.2, 0) is 11.2 Å². The Bertz CT molecular complexity index is 570. The summed E-state index contributed by atoms with van der Waals surface area (Å²) in [5.41, 5.74) is 1.73. The molecule has 2 atom stereocenters. The van der Waals surface area contributed by atoms with Crippen LogP contribution in [0.4, 0.5) is 5.82 Å². The Morgan fingerprint density at radius 2 is 2.32 bits per heavy atom. The SMILES string of the molecule is CCc1cc(N2[C@H](C(=O)NC)C[C@@H]3CCCC[Si]32)nc(Br)n1. The van der Waals surface area contributed by atoms with Crippen LogP contribution in [0.1, 0.15) is 38.3 Å². The Morgan fingerprint density at radius 1 is 1.50 bits per heavy atom. The number of nitrogens with one attached hydrogen (secondary N) is 1.